The quantitative estimate of drug-likeness (QED) is 0.496. The largest absolute Gasteiger partial charge is 0.103 e. The molecule has 0 amide bonds. The van der Waals surface area contributed by atoms with Crippen LogP contribution in [-0.4, -0.2) is 0 Å². The van der Waals surface area contributed by atoms with Gasteiger partial charge in [0, 0.05) is 0 Å². The molecular weight excluding hydrogens is 240 g/mol. The van der Waals surface area contributed by atoms with Gasteiger partial charge in [-0.05, 0) is 55.8 Å². The molecule has 0 aromatic rings. The minimum atomic E-state index is 0.256. The second-order valence-corrected chi connectivity index (χ2v) is 7.70. The van der Waals surface area contributed by atoms with Gasteiger partial charge in [-0.1, -0.05) is 64.7 Å². The van der Waals surface area contributed by atoms with Gasteiger partial charge in [-0.15, -0.1) is 6.58 Å². The molecule has 0 saturated heterocycles. The highest BCUT2D eigenvalue weighted by molar-refractivity contribution is 5.10. The third kappa shape index (κ3) is 4.79. The lowest BCUT2D eigenvalue weighted by Crippen LogP contribution is -2.29. The molecule has 0 bridgehead atoms. The van der Waals surface area contributed by atoms with Gasteiger partial charge in [0.15, 0.2) is 0 Å². The van der Waals surface area contributed by atoms with Crippen molar-refractivity contribution in [1.29, 1.82) is 0 Å². The summed E-state index contributed by atoms with van der Waals surface area (Å²) in [6, 6.07) is 0. The molecule has 0 aliphatic heterocycles. The van der Waals surface area contributed by atoms with E-state index in [4.69, 9.17) is 0 Å². The molecule has 1 aliphatic rings. The van der Waals surface area contributed by atoms with Crippen LogP contribution in [0.3, 0.4) is 0 Å². The van der Waals surface area contributed by atoms with E-state index in [2.05, 4.69) is 46.9 Å². The second-order valence-electron chi connectivity index (χ2n) is 7.70. The van der Waals surface area contributed by atoms with Crippen molar-refractivity contribution in [1.82, 2.24) is 0 Å². The molecule has 4 atom stereocenters. The van der Waals surface area contributed by atoms with Crippen LogP contribution in [0.15, 0.2) is 24.8 Å². The van der Waals surface area contributed by atoms with Crippen LogP contribution in [0.2, 0.25) is 0 Å². The fourth-order valence-electron chi connectivity index (χ4n) is 4.06. The van der Waals surface area contributed by atoms with Crippen LogP contribution in [0.25, 0.3) is 0 Å². The van der Waals surface area contributed by atoms with Gasteiger partial charge < -0.3 is 0 Å². The topological polar surface area (TPSA) is 0 Å². The monoisotopic (exact) mass is 276 g/mol. The molecule has 1 rings (SSSR count). The molecule has 0 nitrogen and oxygen atoms in total. The Balaban J connectivity index is 2.79. The molecule has 1 aliphatic carbocycles. The number of rotatable bonds is 4. The maximum atomic E-state index is 4.30. The Hall–Kier alpha value is -0.520. The van der Waals surface area contributed by atoms with Gasteiger partial charge in [-0.3, -0.25) is 0 Å². The van der Waals surface area contributed by atoms with Crippen molar-refractivity contribution < 1.29 is 0 Å². The molecule has 0 aromatic carbocycles. The Bertz CT molecular complexity index is 314. The van der Waals surface area contributed by atoms with Crippen LogP contribution in [0.1, 0.15) is 79.1 Å². The molecule has 1 fully saturated rings. The van der Waals surface area contributed by atoms with Crippen molar-refractivity contribution in [2.75, 3.05) is 0 Å². The van der Waals surface area contributed by atoms with E-state index in [0.717, 1.165) is 24.2 Å². The van der Waals surface area contributed by atoms with Crippen molar-refractivity contribution in [3.8, 4) is 0 Å². The Morgan fingerprint density at radius 2 is 1.70 bits per heavy atom. The van der Waals surface area contributed by atoms with Gasteiger partial charge in [-0.2, -0.15) is 0 Å². The highest BCUT2D eigenvalue weighted by Gasteiger charge is 2.33. The average molecular weight is 277 g/mol. The SMILES string of the molecule is C=CCC(C)(C(=C)C)C1CCCCC(C)CC(C)CC1. The van der Waals surface area contributed by atoms with E-state index in [1.54, 1.807) is 0 Å². The lowest BCUT2D eigenvalue weighted by Gasteiger charge is -2.39. The van der Waals surface area contributed by atoms with Gasteiger partial charge in [0.2, 0.25) is 0 Å². The van der Waals surface area contributed by atoms with Crippen LogP contribution >= 0.6 is 0 Å². The zero-order valence-electron chi connectivity index (χ0n) is 14.4. The van der Waals surface area contributed by atoms with E-state index in [1.165, 1.54) is 50.5 Å². The van der Waals surface area contributed by atoms with E-state index in [1.807, 2.05) is 0 Å². The van der Waals surface area contributed by atoms with Gasteiger partial charge in [0.1, 0.15) is 0 Å². The lowest BCUT2D eigenvalue weighted by atomic mass is 9.65. The zero-order valence-corrected chi connectivity index (χ0v) is 14.4. The van der Waals surface area contributed by atoms with Gasteiger partial charge >= 0.3 is 0 Å². The first kappa shape index (κ1) is 17.5. The molecular formula is C20H36. The molecule has 0 radical (unpaired) electrons. The molecule has 0 N–H and O–H groups in total. The smallest absolute Gasteiger partial charge is 0.00593 e. The summed E-state index contributed by atoms with van der Waals surface area (Å²) in [6.45, 7) is 17.8. The Morgan fingerprint density at radius 1 is 1.10 bits per heavy atom. The van der Waals surface area contributed by atoms with E-state index in [0.29, 0.717) is 0 Å². The van der Waals surface area contributed by atoms with E-state index in [-0.39, 0.29) is 5.41 Å². The third-order valence-electron chi connectivity index (χ3n) is 5.76. The summed E-state index contributed by atoms with van der Waals surface area (Å²) >= 11 is 0. The normalized spacial score (nSPS) is 32.1. The lowest BCUT2D eigenvalue weighted by molar-refractivity contribution is 0.182. The highest BCUT2D eigenvalue weighted by atomic mass is 14.4. The van der Waals surface area contributed by atoms with Crippen LogP contribution in [0, 0.1) is 23.2 Å². The van der Waals surface area contributed by atoms with Gasteiger partial charge in [0.25, 0.3) is 0 Å². The molecule has 116 valence electrons. The predicted molar refractivity (Wildman–Crippen MR) is 91.9 cm³/mol. The van der Waals surface area contributed by atoms with Crippen molar-refractivity contribution in [2.45, 2.75) is 79.1 Å². The fourth-order valence-corrected chi connectivity index (χ4v) is 4.06. The van der Waals surface area contributed by atoms with Gasteiger partial charge in [0.05, 0.1) is 0 Å². The van der Waals surface area contributed by atoms with Crippen LogP contribution in [-0.2, 0) is 0 Å². The Labute approximate surface area is 127 Å². The minimum Gasteiger partial charge on any atom is -0.103 e. The standard InChI is InChI=1S/C20H36/c1-7-14-20(6,16(2)3)19-11-9-8-10-17(4)15-18(5)12-13-19/h7,17-19H,1-2,8-15H2,3-6H3. The van der Waals surface area contributed by atoms with E-state index >= 15 is 0 Å². The summed E-state index contributed by atoms with van der Waals surface area (Å²) in [5.41, 5.74) is 1.60. The fraction of sp³-hybridized carbons (Fsp3) is 0.800. The highest BCUT2D eigenvalue weighted by Crippen LogP contribution is 2.44. The Morgan fingerprint density at radius 3 is 2.30 bits per heavy atom. The first-order chi connectivity index (χ1) is 9.40. The number of hydrogen-bond acceptors (Lipinski definition) is 0. The summed E-state index contributed by atoms with van der Waals surface area (Å²) in [6.07, 6.45) is 12.9. The van der Waals surface area contributed by atoms with Crippen molar-refractivity contribution in [2.24, 2.45) is 23.2 Å². The first-order valence-electron chi connectivity index (χ1n) is 8.67. The molecule has 0 spiro atoms. The Kier molecular flexibility index (Phi) is 7.06. The third-order valence-corrected chi connectivity index (χ3v) is 5.76. The second kappa shape index (κ2) is 8.05. The maximum Gasteiger partial charge on any atom is -0.00593 e. The van der Waals surface area contributed by atoms with Crippen molar-refractivity contribution >= 4 is 0 Å². The average Bonchev–Trinajstić information content (AvgIpc) is 2.37. The van der Waals surface area contributed by atoms with Gasteiger partial charge in [-0.25, -0.2) is 0 Å². The van der Waals surface area contributed by atoms with E-state index < -0.39 is 0 Å². The summed E-state index contributed by atoms with van der Waals surface area (Å²) in [7, 11) is 0. The van der Waals surface area contributed by atoms with Crippen LogP contribution in [0.5, 0.6) is 0 Å². The molecule has 20 heavy (non-hydrogen) atoms. The molecule has 0 aromatic heterocycles. The predicted octanol–water partition coefficient (Wildman–Crippen LogP) is 6.78. The minimum absolute atomic E-state index is 0.256. The summed E-state index contributed by atoms with van der Waals surface area (Å²) in [4.78, 5) is 0. The molecule has 0 heterocycles. The number of allylic oxidation sites excluding steroid dienone is 2. The first-order valence-corrected chi connectivity index (χ1v) is 8.67. The number of hydrogen-bond donors (Lipinski definition) is 0. The summed E-state index contributed by atoms with van der Waals surface area (Å²) in [5.74, 6) is 2.58. The van der Waals surface area contributed by atoms with Crippen LogP contribution in [0.4, 0.5) is 0 Å². The summed E-state index contributed by atoms with van der Waals surface area (Å²) < 4.78 is 0. The van der Waals surface area contributed by atoms with E-state index in [9.17, 15) is 0 Å². The van der Waals surface area contributed by atoms with Crippen molar-refractivity contribution in [3.05, 3.63) is 24.8 Å². The molecule has 0 heteroatoms. The zero-order chi connectivity index (χ0) is 15.2. The molecule has 1 saturated carbocycles. The van der Waals surface area contributed by atoms with Crippen LogP contribution < -0.4 is 0 Å². The maximum absolute atomic E-state index is 4.30. The molecule has 4 unspecified atom stereocenters. The summed E-state index contributed by atoms with van der Waals surface area (Å²) in [5, 5.41) is 0. The van der Waals surface area contributed by atoms with Crippen molar-refractivity contribution in [3.63, 3.8) is 0 Å².